The molecule has 1 aliphatic carbocycles. The number of nitrogens with one attached hydrogen (secondary N) is 3. The van der Waals surface area contributed by atoms with E-state index in [2.05, 4.69) is 36.7 Å². The van der Waals surface area contributed by atoms with Gasteiger partial charge in [0.15, 0.2) is 0 Å². The monoisotopic (exact) mass is 431 g/mol. The van der Waals surface area contributed by atoms with Gasteiger partial charge in [-0.2, -0.15) is 0 Å². The first-order chi connectivity index (χ1) is 14.5. The summed E-state index contributed by atoms with van der Waals surface area (Å²) in [5, 5.41) is 19.4. The van der Waals surface area contributed by atoms with Crippen LogP contribution in [0.5, 0.6) is 0 Å². The minimum Gasteiger partial charge on any atom is -0.378 e. The van der Waals surface area contributed by atoms with Crippen LogP contribution in [0.2, 0.25) is 0 Å². The standard InChI is InChI=1S/C21H29N5O5/c1-14-10-20(2,3)13-21(11-14)18(28)25(19(29)24-21)12-17(27)23-9-8-22-15-6-4-5-7-16(15)26(30)31/h4-7,14,22H,8-13H2,1-3H3,(H,23,27)(H,24,29). The van der Waals surface area contributed by atoms with Crippen LogP contribution in [0.4, 0.5) is 16.2 Å². The van der Waals surface area contributed by atoms with Crippen LogP contribution >= 0.6 is 0 Å². The highest BCUT2D eigenvalue weighted by atomic mass is 16.6. The SMILES string of the molecule is CC1CC(C)(C)CC2(C1)NC(=O)N(CC(=O)NCCNc1ccccc1[N+](=O)[O-])C2=O. The second kappa shape index (κ2) is 8.52. The van der Waals surface area contributed by atoms with Crippen LogP contribution in [0.25, 0.3) is 0 Å². The molecule has 10 nitrogen and oxygen atoms in total. The van der Waals surface area contributed by atoms with Gasteiger partial charge < -0.3 is 16.0 Å². The molecule has 2 unspecified atom stereocenters. The molecule has 1 saturated heterocycles. The van der Waals surface area contributed by atoms with Gasteiger partial charge in [0.25, 0.3) is 11.6 Å². The van der Waals surface area contributed by atoms with Gasteiger partial charge in [0.1, 0.15) is 17.8 Å². The normalized spacial score (nSPS) is 24.7. The molecule has 0 bridgehead atoms. The first kappa shape index (κ1) is 22.5. The zero-order valence-corrected chi connectivity index (χ0v) is 18.1. The van der Waals surface area contributed by atoms with E-state index in [1.807, 2.05) is 0 Å². The summed E-state index contributed by atoms with van der Waals surface area (Å²) in [6, 6.07) is 5.68. The molecule has 168 valence electrons. The predicted octanol–water partition coefficient (Wildman–Crippen LogP) is 2.26. The number of carbonyl (C=O) groups is 3. The predicted molar refractivity (Wildman–Crippen MR) is 114 cm³/mol. The number of para-hydroxylation sites is 2. The Bertz CT molecular complexity index is 902. The maximum atomic E-state index is 13.1. The van der Waals surface area contributed by atoms with Gasteiger partial charge in [-0.15, -0.1) is 0 Å². The summed E-state index contributed by atoms with van der Waals surface area (Å²) in [5.74, 6) is -0.520. The Hall–Kier alpha value is -3.17. The lowest BCUT2D eigenvalue weighted by Crippen LogP contribution is -2.54. The highest BCUT2D eigenvalue weighted by molar-refractivity contribution is 6.09. The molecule has 0 radical (unpaired) electrons. The summed E-state index contributed by atoms with van der Waals surface area (Å²) < 4.78 is 0. The summed E-state index contributed by atoms with van der Waals surface area (Å²) in [4.78, 5) is 49.4. The molecule has 1 spiro atoms. The van der Waals surface area contributed by atoms with E-state index in [0.717, 1.165) is 11.3 Å². The number of carbonyl (C=O) groups excluding carboxylic acids is 3. The molecule has 1 saturated carbocycles. The first-order valence-electron chi connectivity index (χ1n) is 10.4. The molecule has 1 heterocycles. The Kier molecular flexibility index (Phi) is 6.19. The number of nitrogens with zero attached hydrogens (tertiary/aromatic N) is 2. The summed E-state index contributed by atoms with van der Waals surface area (Å²) >= 11 is 0. The van der Waals surface area contributed by atoms with Gasteiger partial charge in [0, 0.05) is 19.2 Å². The Balaban J connectivity index is 1.52. The lowest BCUT2D eigenvalue weighted by molar-refractivity contribution is -0.384. The number of nitro groups is 1. The smallest absolute Gasteiger partial charge is 0.325 e. The number of hydrogen-bond acceptors (Lipinski definition) is 6. The van der Waals surface area contributed by atoms with Gasteiger partial charge in [-0.3, -0.25) is 24.6 Å². The van der Waals surface area contributed by atoms with Crippen molar-refractivity contribution in [2.75, 3.05) is 25.0 Å². The van der Waals surface area contributed by atoms with Crippen LogP contribution in [0, 0.1) is 21.4 Å². The summed E-state index contributed by atoms with van der Waals surface area (Å²) in [7, 11) is 0. The van der Waals surface area contributed by atoms with Gasteiger partial charge in [0.2, 0.25) is 5.91 Å². The number of amides is 4. The minimum atomic E-state index is -0.938. The van der Waals surface area contributed by atoms with Gasteiger partial charge in [-0.25, -0.2) is 4.79 Å². The van der Waals surface area contributed by atoms with Crippen molar-refractivity contribution in [2.24, 2.45) is 11.3 Å². The number of benzene rings is 1. The average Bonchev–Trinajstić information content (AvgIpc) is 2.87. The van der Waals surface area contributed by atoms with E-state index < -0.39 is 22.4 Å². The number of imide groups is 1. The average molecular weight is 431 g/mol. The third-order valence-corrected chi connectivity index (χ3v) is 5.79. The molecule has 2 aliphatic rings. The van der Waals surface area contributed by atoms with Gasteiger partial charge >= 0.3 is 6.03 Å². The van der Waals surface area contributed by atoms with Crippen LogP contribution in [0.1, 0.15) is 40.0 Å². The molecule has 2 fully saturated rings. The molecule has 31 heavy (non-hydrogen) atoms. The maximum Gasteiger partial charge on any atom is 0.325 e. The molecule has 1 aromatic carbocycles. The number of rotatable bonds is 7. The third-order valence-electron chi connectivity index (χ3n) is 5.79. The third kappa shape index (κ3) is 4.95. The van der Waals surface area contributed by atoms with Crippen molar-refractivity contribution in [3.8, 4) is 0 Å². The second-order valence-electron chi connectivity index (χ2n) is 9.31. The molecule has 1 aliphatic heterocycles. The Morgan fingerprint density at radius 1 is 1.26 bits per heavy atom. The fourth-order valence-electron chi connectivity index (χ4n) is 5.03. The highest BCUT2D eigenvalue weighted by Crippen LogP contribution is 2.46. The number of hydrogen-bond donors (Lipinski definition) is 3. The maximum absolute atomic E-state index is 13.1. The zero-order valence-electron chi connectivity index (χ0n) is 18.1. The summed E-state index contributed by atoms with van der Waals surface area (Å²) in [6.07, 6.45) is 2.09. The fourth-order valence-corrected chi connectivity index (χ4v) is 5.03. The highest BCUT2D eigenvalue weighted by Gasteiger charge is 2.56. The number of urea groups is 1. The molecule has 2 atom stereocenters. The van der Waals surface area contributed by atoms with E-state index in [0.29, 0.717) is 18.5 Å². The Labute approximate surface area is 180 Å². The summed E-state index contributed by atoms with van der Waals surface area (Å²) in [5.41, 5.74) is -0.716. The molecule has 10 heteroatoms. The fraction of sp³-hybridized carbons (Fsp3) is 0.571. The van der Waals surface area contributed by atoms with Gasteiger partial charge in [-0.1, -0.05) is 32.9 Å². The minimum absolute atomic E-state index is 0.0527. The van der Waals surface area contributed by atoms with E-state index >= 15 is 0 Å². The van der Waals surface area contributed by atoms with Crippen LogP contribution in [0.3, 0.4) is 0 Å². The van der Waals surface area contributed by atoms with Crippen LogP contribution in [-0.2, 0) is 9.59 Å². The topological polar surface area (TPSA) is 134 Å². The number of anilines is 1. The van der Waals surface area contributed by atoms with Crippen molar-refractivity contribution in [2.45, 2.75) is 45.6 Å². The van der Waals surface area contributed by atoms with E-state index in [-0.39, 0.29) is 42.6 Å². The molecule has 3 rings (SSSR count). The Morgan fingerprint density at radius 3 is 2.65 bits per heavy atom. The van der Waals surface area contributed by atoms with Crippen molar-refractivity contribution in [1.29, 1.82) is 0 Å². The second-order valence-corrected chi connectivity index (χ2v) is 9.31. The quantitative estimate of drug-likeness (QED) is 0.262. The van der Waals surface area contributed by atoms with Crippen molar-refractivity contribution < 1.29 is 19.3 Å². The van der Waals surface area contributed by atoms with Crippen LogP contribution in [0.15, 0.2) is 24.3 Å². The first-order valence-corrected chi connectivity index (χ1v) is 10.4. The lowest BCUT2D eigenvalue weighted by Gasteiger charge is -2.43. The largest absolute Gasteiger partial charge is 0.378 e. The van der Waals surface area contributed by atoms with E-state index in [9.17, 15) is 24.5 Å². The molecular weight excluding hydrogens is 402 g/mol. The Morgan fingerprint density at radius 2 is 1.97 bits per heavy atom. The van der Waals surface area contributed by atoms with E-state index in [1.165, 1.54) is 6.07 Å². The van der Waals surface area contributed by atoms with Crippen molar-refractivity contribution in [3.63, 3.8) is 0 Å². The molecule has 4 amide bonds. The van der Waals surface area contributed by atoms with Gasteiger partial charge in [0.05, 0.1) is 4.92 Å². The van der Waals surface area contributed by atoms with Crippen LogP contribution in [-0.4, -0.2) is 52.8 Å². The van der Waals surface area contributed by atoms with Crippen LogP contribution < -0.4 is 16.0 Å². The van der Waals surface area contributed by atoms with E-state index in [4.69, 9.17) is 0 Å². The van der Waals surface area contributed by atoms with Gasteiger partial charge in [-0.05, 0) is 36.7 Å². The van der Waals surface area contributed by atoms with E-state index in [1.54, 1.807) is 18.2 Å². The van der Waals surface area contributed by atoms with Crippen molar-refractivity contribution in [3.05, 3.63) is 34.4 Å². The number of nitro benzene ring substituents is 1. The molecule has 3 N–H and O–H groups in total. The molecule has 1 aromatic rings. The zero-order chi connectivity index (χ0) is 22.8. The molecular formula is C21H29N5O5. The van der Waals surface area contributed by atoms with Crippen molar-refractivity contribution in [1.82, 2.24) is 15.5 Å². The molecule has 0 aromatic heterocycles. The van der Waals surface area contributed by atoms with Crippen molar-refractivity contribution >= 4 is 29.2 Å². The summed E-state index contributed by atoms with van der Waals surface area (Å²) in [6.45, 7) is 6.33. The lowest BCUT2D eigenvalue weighted by atomic mass is 9.64.